The Labute approximate surface area is 750 Å². The summed E-state index contributed by atoms with van der Waals surface area (Å²) in [6.07, 6.45) is 3.71. The second-order valence-electron chi connectivity index (χ2n) is 35.3. The van der Waals surface area contributed by atoms with Crippen LogP contribution in [0, 0.1) is 0 Å². The summed E-state index contributed by atoms with van der Waals surface area (Å²) in [6, 6.07) is 148. The molecule has 17 aromatic carbocycles. The van der Waals surface area contributed by atoms with Gasteiger partial charge in [-0.2, -0.15) is 0 Å². The van der Waals surface area contributed by atoms with Crippen molar-refractivity contribution in [1.82, 2.24) is 29.3 Å². The molecule has 131 heavy (non-hydrogen) atoms. The van der Waals surface area contributed by atoms with Crippen LogP contribution in [-0.4, -0.2) is 29.3 Å². The SMILES string of the molecule is c1ccc2c(c1)-c1ccc(-c3ccc(-c4cccc5cccnc45)cc3)cc1C21c2ccccc2-c2c1oc1ccccc21.c1ccc2c(c1)-c1ccccc1C21c2cc(-c3nc4ccccc4c4nc5ccccc5n34)ccc2-c2c1oc1ccccc21.c1ccc2c(c1)-c1ccccc1C21c2cccc(-c3ccc4ccc5cccnc5c4n3)c2-c2c1oc1ccccc21. The van der Waals surface area contributed by atoms with Crippen LogP contribution in [0.1, 0.15) is 67.4 Å². The van der Waals surface area contributed by atoms with E-state index in [9.17, 15) is 0 Å². The summed E-state index contributed by atoms with van der Waals surface area (Å²) >= 11 is 0. The minimum absolute atomic E-state index is 0.512. The molecule has 0 bridgehead atoms. The molecule has 0 saturated carbocycles. The van der Waals surface area contributed by atoms with E-state index in [-0.39, 0.29) is 0 Å². The number of imidazole rings is 1. The predicted molar refractivity (Wildman–Crippen MR) is 527 cm³/mol. The number of benzene rings is 17. The summed E-state index contributed by atoms with van der Waals surface area (Å²) in [7, 11) is 0. The van der Waals surface area contributed by atoms with Gasteiger partial charge in [-0.3, -0.25) is 14.4 Å². The van der Waals surface area contributed by atoms with Crippen molar-refractivity contribution < 1.29 is 13.3 Å². The number of pyridine rings is 3. The largest absolute Gasteiger partial charge is 0.459 e. The highest BCUT2D eigenvalue weighted by molar-refractivity contribution is 6.12. The van der Waals surface area contributed by atoms with Crippen LogP contribution < -0.4 is 0 Å². The van der Waals surface area contributed by atoms with Crippen molar-refractivity contribution in [2.75, 3.05) is 0 Å². The monoisotopic (exact) mass is 1670 g/mol. The van der Waals surface area contributed by atoms with E-state index in [4.69, 9.17) is 33.2 Å². The summed E-state index contributed by atoms with van der Waals surface area (Å²) in [4.78, 5) is 25.1. The molecule has 25 aromatic rings. The van der Waals surface area contributed by atoms with E-state index >= 15 is 0 Å². The second kappa shape index (κ2) is 26.9. The maximum Gasteiger partial charge on any atom is 0.149 e. The Bertz CT molecular complexity index is 9210. The Balaban J connectivity index is 0.0000000966. The first-order valence-corrected chi connectivity index (χ1v) is 44.8. The van der Waals surface area contributed by atoms with Crippen LogP contribution >= 0.6 is 0 Å². The van der Waals surface area contributed by atoms with Gasteiger partial charge in [0.15, 0.2) is 0 Å². The quantitative estimate of drug-likeness (QED) is 0.160. The van der Waals surface area contributed by atoms with Gasteiger partial charge in [0.2, 0.25) is 0 Å². The highest BCUT2D eigenvalue weighted by Gasteiger charge is 2.59. The van der Waals surface area contributed by atoms with Gasteiger partial charge in [-0.15, -0.1) is 0 Å². The number of rotatable bonds is 4. The van der Waals surface area contributed by atoms with Gasteiger partial charge in [0.1, 0.15) is 61.7 Å². The summed E-state index contributed by atoms with van der Waals surface area (Å²) < 4.78 is 23.0. The van der Waals surface area contributed by atoms with Crippen LogP contribution in [0.25, 0.3) is 205 Å². The van der Waals surface area contributed by atoms with Crippen LogP contribution in [0.15, 0.2) is 438 Å². The van der Waals surface area contributed by atoms with Crippen LogP contribution in [0.4, 0.5) is 0 Å². The molecule has 3 spiro atoms. The Hall–Kier alpha value is -17.3. The molecule has 9 nitrogen and oxygen atoms in total. The van der Waals surface area contributed by atoms with E-state index in [0.29, 0.717) is 0 Å². The molecule has 6 aliphatic carbocycles. The zero-order valence-corrected chi connectivity index (χ0v) is 70.3. The third-order valence-electron chi connectivity index (χ3n) is 29.0. The lowest BCUT2D eigenvalue weighted by molar-refractivity contribution is 0.506. The fourth-order valence-electron chi connectivity index (χ4n) is 23.8. The first kappa shape index (κ1) is 71.9. The average Bonchev–Trinajstić information content (AvgIpc) is 1.50. The van der Waals surface area contributed by atoms with E-state index in [1.54, 1.807) is 0 Å². The van der Waals surface area contributed by atoms with E-state index in [1.807, 2.05) is 36.7 Å². The van der Waals surface area contributed by atoms with Gasteiger partial charge in [0.25, 0.3) is 0 Å². The molecule has 1 atom stereocenters. The first-order valence-electron chi connectivity index (χ1n) is 44.8. The molecule has 0 radical (unpaired) electrons. The van der Waals surface area contributed by atoms with Gasteiger partial charge >= 0.3 is 0 Å². The second-order valence-corrected chi connectivity index (χ2v) is 35.3. The van der Waals surface area contributed by atoms with E-state index in [2.05, 4.69) is 398 Å². The molecule has 0 N–H and O–H groups in total. The van der Waals surface area contributed by atoms with Crippen molar-refractivity contribution in [3.8, 4) is 112 Å². The smallest absolute Gasteiger partial charge is 0.149 e. The van der Waals surface area contributed by atoms with Crippen LogP contribution in [0.5, 0.6) is 0 Å². The van der Waals surface area contributed by atoms with Gasteiger partial charge in [0.05, 0.1) is 38.8 Å². The number of aromatic nitrogens is 6. The predicted octanol–water partition coefficient (Wildman–Crippen LogP) is 30.0. The average molecular weight is 1670 g/mol. The van der Waals surface area contributed by atoms with Gasteiger partial charge < -0.3 is 13.3 Å². The van der Waals surface area contributed by atoms with E-state index < -0.39 is 16.2 Å². The van der Waals surface area contributed by atoms with Crippen molar-refractivity contribution in [1.29, 1.82) is 0 Å². The van der Waals surface area contributed by atoms with Crippen molar-refractivity contribution in [3.05, 3.63) is 492 Å². The zero-order valence-electron chi connectivity index (χ0n) is 70.3. The third kappa shape index (κ3) is 9.59. The Morgan fingerprint density at radius 2 is 0.611 bits per heavy atom. The van der Waals surface area contributed by atoms with Crippen molar-refractivity contribution in [3.63, 3.8) is 0 Å². The van der Waals surface area contributed by atoms with Crippen LogP contribution in [0.2, 0.25) is 0 Å². The van der Waals surface area contributed by atoms with E-state index in [0.717, 1.165) is 133 Å². The third-order valence-corrected chi connectivity index (χ3v) is 29.0. The molecule has 8 heterocycles. The normalized spacial score (nSPS) is 14.6. The minimum atomic E-state index is -0.583. The fraction of sp³-hybridized carbons (Fsp3) is 0.0246. The molecule has 0 fully saturated rings. The molecular weight excluding hydrogens is 1600 g/mol. The van der Waals surface area contributed by atoms with E-state index in [1.165, 1.54) is 139 Å². The molecule has 0 aliphatic heterocycles. The lowest BCUT2D eigenvalue weighted by Gasteiger charge is -2.28. The number of furan rings is 3. The molecule has 1 unspecified atom stereocenters. The van der Waals surface area contributed by atoms with Crippen LogP contribution in [-0.2, 0) is 16.2 Å². The van der Waals surface area contributed by atoms with Crippen molar-refractivity contribution in [2.24, 2.45) is 0 Å². The number of nitrogens with zero attached hydrogens (tertiary/aromatic N) is 6. The molecule has 8 aromatic heterocycles. The lowest BCUT2D eigenvalue weighted by atomic mass is 9.73. The molecule has 0 amide bonds. The zero-order chi connectivity index (χ0) is 85.5. The van der Waals surface area contributed by atoms with Gasteiger partial charge in [-0.25, -0.2) is 15.0 Å². The Morgan fingerprint density at radius 1 is 0.221 bits per heavy atom. The summed E-state index contributed by atoms with van der Waals surface area (Å²) in [6.45, 7) is 0. The topological polar surface area (TPSA) is 108 Å². The van der Waals surface area contributed by atoms with Crippen LogP contribution in [0.3, 0.4) is 0 Å². The fourth-order valence-corrected chi connectivity index (χ4v) is 23.8. The van der Waals surface area contributed by atoms with Gasteiger partial charge in [-0.1, -0.05) is 340 Å². The first-order chi connectivity index (χ1) is 65.0. The number of hydrogen-bond donors (Lipinski definition) is 0. The number of para-hydroxylation sites is 7. The van der Waals surface area contributed by atoms with Gasteiger partial charge in [-0.05, 0) is 184 Å². The summed E-state index contributed by atoms with van der Waals surface area (Å²) in [5, 5.41) is 7.82. The molecule has 9 heteroatoms. The Morgan fingerprint density at radius 3 is 1.22 bits per heavy atom. The maximum atomic E-state index is 6.93. The Kier molecular flexibility index (Phi) is 14.8. The number of hydrogen-bond acceptors (Lipinski definition) is 8. The molecule has 6 aliphatic rings. The summed E-state index contributed by atoms with van der Waals surface area (Å²) in [5.41, 5.74) is 41.8. The standard InChI is InChI=1S/C42H25NO.C41H23N3O.C39H22N2O/c1-4-15-35-31(11-1)32-23-22-29(26-18-20-27(21-19-26)30-14-7-9-28-10-8-24-43-40(28)30)25-37(32)42(35)36-16-5-2-12-33(36)39-34-13-3-6-17-38(34)44-41(39)42;1-5-15-30-25(11-1)26-12-2-6-16-31(26)41(30)32-23-24(21-22-27(32)37-29-14-4-10-20-36(29)45-38(37)41)39-42-33-17-7-3-13-28(33)40-43-34-18-8-9-19-35(34)44(39)40;1-4-14-29-25(10-1)26-11-2-5-15-30(26)39(29)31-16-7-13-27(34(31)35-28-12-3-6-17-33(28)42-38(35)39)32-21-20-24-19-18-23-9-8-22-40-36(23)37(24)41-32/h1-25H;1-23H;1-22H. The molecule has 31 rings (SSSR count). The van der Waals surface area contributed by atoms with Crippen molar-refractivity contribution >= 4 is 93.2 Å². The molecule has 0 saturated heterocycles. The maximum absolute atomic E-state index is 6.93. The van der Waals surface area contributed by atoms with Gasteiger partial charge in [0, 0.05) is 89.0 Å². The lowest BCUT2D eigenvalue weighted by Crippen LogP contribution is -2.25. The number of fused-ring (bicyclic) bond motifs is 45. The van der Waals surface area contributed by atoms with Crippen molar-refractivity contribution in [2.45, 2.75) is 16.2 Å². The minimum Gasteiger partial charge on any atom is -0.459 e. The molecular formula is C122H70N6O3. The molecule has 606 valence electrons. The highest BCUT2D eigenvalue weighted by atomic mass is 16.3. The highest BCUT2D eigenvalue weighted by Crippen LogP contribution is 2.69. The summed E-state index contributed by atoms with van der Waals surface area (Å²) in [5.74, 6) is 3.90.